The second-order valence-electron chi connectivity index (χ2n) is 7.09. The summed E-state index contributed by atoms with van der Waals surface area (Å²) in [6.07, 6.45) is -5.13. The van der Waals surface area contributed by atoms with Gasteiger partial charge in [-0.2, -0.15) is 13.2 Å². The van der Waals surface area contributed by atoms with Crippen LogP contribution in [0.3, 0.4) is 0 Å². The lowest BCUT2D eigenvalue weighted by Crippen LogP contribution is -2.41. The Morgan fingerprint density at radius 1 is 1.22 bits per heavy atom. The van der Waals surface area contributed by atoms with Gasteiger partial charge in [-0.3, -0.25) is 4.90 Å². The van der Waals surface area contributed by atoms with Gasteiger partial charge in [0.05, 0.1) is 22.9 Å². The Kier molecular flexibility index (Phi) is 4.89. The van der Waals surface area contributed by atoms with Gasteiger partial charge in [0.15, 0.2) is 0 Å². The highest BCUT2D eigenvalue weighted by atomic mass is 19.4. The lowest BCUT2D eigenvalue weighted by Gasteiger charge is -2.32. The number of hydrogen-bond donors (Lipinski definition) is 1. The predicted octanol–water partition coefficient (Wildman–Crippen LogP) is 2.47. The van der Waals surface area contributed by atoms with Crippen LogP contribution in [0.2, 0.25) is 0 Å². The molecule has 0 saturated carbocycles. The number of likely N-dealkylation sites (tertiary alicyclic amines) is 1. The van der Waals surface area contributed by atoms with Gasteiger partial charge >= 0.3 is 13.3 Å². The van der Waals surface area contributed by atoms with Crippen LogP contribution in [0.1, 0.15) is 34.1 Å². The van der Waals surface area contributed by atoms with Gasteiger partial charge in [-0.25, -0.2) is 4.39 Å². The minimum absolute atomic E-state index is 0.0935. The van der Waals surface area contributed by atoms with Crippen LogP contribution >= 0.6 is 0 Å². The molecule has 1 unspecified atom stereocenters. The van der Waals surface area contributed by atoms with Gasteiger partial charge < -0.3 is 14.4 Å². The summed E-state index contributed by atoms with van der Waals surface area (Å²) >= 11 is 0. The topological polar surface area (TPSA) is 41.9 Å². The molecule has 132 valence electrons. The number of β-amino-alcohol motifs (C(OH)–C–C–N with tert-alkyl or cyclic N) is 1. The van der Waals surface area contributed by atoms with Crippen molar-refractivity contribution in [1.82, 2.24) is 4.90 Å². The van der Waals surface area contributed by atoms with E-state index in [-0.39, 0.29) is 13.1 Å². The van der Waals surface area contributed by atoms with Crippen molar-refractivity contribution in [1.29, 1.82) is 0 Å². The molecule has 2 saturated heterocycles. The van der Waals surface area contributed by atoms with Crippen molar-refractivity contribution in [2.24, 2.45) is 0 Å². The molecule has 0 aromatic rings. The predicted molar refractivity (Wildman–Crippen MR) is 77.3 cm³/mol. The standard InChI is InChI=1S/C14H22BF4NO3/c1-12(2)13(3,4)23-15(22-12)11(16)10(14(17,18)19)8-20-6-5-9(21)7-20/h9,21H,5-8H2,1-4H3. The first-order valence-corrected chi connectivity index (χ1v) is 7.55. The van der Waals surface area contributed by atoms with Gasteiger partial charge in [0.25, 0.3) is 0 Å². The van der Waals surface area contributed by atoms with E-state index >= 15 is 0 Å². The Morgan fingerprint density at radius 3 is 2.13 bits per heavy atom. The maximum absolute atomic E-state index is 14.5. The van der Waals surface area contributed by atoms with E-state index in [0.717, 1.165) is 0 Å². The monoisotopic (exact) mass is 339 g/mol. The van der Waals surface area contributed by atoms with E-state index in [0.29, 0.717) is 6.42 Å². The van der Waals surface area contributed by atoms with Gasteiger partial charge in [-0.1, -0.05) is 0 Å². The molecule has 0 aromatic carbocycles. The van der Waals surface area contributed by atoms with E-state index in [1.165, 1.54) is 4.90 Å². The Bertz CT molecular complexity index is 477. The number of aliphatic hydroxyl groups is 1. The molecule has 2 rings (SSSR count). The fourth-order valence-corrected chi connectivity index (χ4v) is 2.57. The second kappa shape index (κ2) is 6.02. The third-order valence-corrected chi connectivity index (χ3v) is 4.72. The zero-order valence-electron chi connectivity index (χ0n) is 13.7. The molecular weight excluding hydrogens is 317 g/mol. The summed E-state index contributed by atoms with van der Waals surface area (Å²) in [6.45, 7) is 6.33. The average Bonchev–Trinajstić information content (AvgIpc) is 2.86. The third kappa shape index (κ3) is 3.89. The molecule has 9 heteroatoms. The number of aliphatic hydroxyl groups excluding tert-OH is 1. The summed E-state index contributed by atoms with van der Waals surface area (Å²) in [7, 11) is -1.68. The van der Waals surface area contributed by atoms with Gasteiger partial charge in [0.1, 0.15) is 5.73 Å². The van der Waals surface area contributed by atoms with E-state index < -0.39 is 48.4 Å². The molecule has 0 radical (unpaired) electrons. The summed E-state index contributed by atoms with van der Waals surface area (Å²) in [5.41, 5.74) is -4.60. The minimum Gasteiger partial charge on any atom is -0.398 e. The lowest BCUT2D eigenvalue weighted by atomic mass is 9.84. The highest BCUT2D eigenvalue weighted by molar-refractivity contribution is 6.53. The van der Waals surface area contributed by atoms with E-state index in [1.807, 2.05) is 0 Å². The molecular formula is C14H22BF4NO3. The van der Waals surface area contributed by atoms with Crippen LogP contribution in [-0.4, -0.2) is 60.2 Å². The van der Waals surface area contributed by atoms with Crippen LogP contribution < -0.4 is 0 Å². The maximum atomic E-state index is 14.5. The maximum Gasteiger partial charge on any atom is 0.525 e. The quantitative estimate of drug-likeness (QED) is 0.634. The Hall–Kier alpha value is -0.635. The fourth-order valence-electron chi connectivity index (χ4n) is 2.57. The van der Waals surface area contributed by atoms with Crippen LogP contribution in [-0.2, 0) is 9.31 Å². The van der Waals surface area contributed by atoms with Crippen molar-refractivity contribution in [3.05, 3.63) is 11.3 Å². The van der Waals surface area contributed by atoms with Gasteiger partial charge in [0.2, 0.25) is 0 Å². The third-order valence-electron chi connectivity index (χ3n) is 4.72. The molecule has 0 spiro atoms. The molecule has 0 aromatic heterocycles. The molecule has 2 heterocycles. The molecule has 0 bridgehead atoms. The Balaban J connectivity index is 2.25. The number of hydrogen-bond acceptors (Lipinski definition) is 4. The molecule has 0 aliphatic carbocycles. The van der Waals surface area contributed by atoms with Gasteiger partial charge in [-0.05, 0) is 34.1 Å². The zero-order valence-corrected chi connectivity index (χ0v) is 13.7. The molecule has 1 atom stereocenters. The van der Waals surface area contributed by atoms with Crippen molar-refractivity contribution >= 4 is 7.12 Å². The van der Waals surface area contributed by atoms with Gasteiger partial charge in [0, 0.05) is 19.6 Å². The van der Waals surface area contributed by atoms with Crippen LogP contribution in [0.15, 0.2) is 11.3 Å². The van der Waals surface area contributed by atoms with Crippen molar-refractivity contribution in [3.63, 3.8) is 0 Å². The molecule has 23 heavy (non-hydrogen) atoms. The minimum atomic E-state index is -4.83. The number of halogens is 4. The molecule has 2 fully saturated rings. The first-order chi connectivity index (χ1) is 10.3. The van der Waals surface area contributed by atoms with Crippen molar-refractivity contribution in [2.75, 3.05) is 19.6 Å². The SMILES string of the molecule is CC1(C)OB(C(F)=C(CN2CCC(O)C2)C(F)(F)F)OC1(C)C. The Morgan fingerprint density at radius 2 is 1.74 bits per heavy atom. The van der Waals surface area contributed by atoms with E-state index in [1.54, 1.807) is 27.7 Å². The van der Waals surface area contributed by atoms with E-state index in [9.17, 15) is 22.7 Å². The molecule has 2 aliphatic rings. The van der Waals surface area contributed by atoms with Crippen molar-refractivity contribution in [3.8, 4) is 0 Å². The Labute approximate surface area is 133 Å². The zero-order chi connectivity index (χ0) is 17.6. The first-order valence-electron chi connectivity index (χ1n) is 7.55. The normalized spacial score (nSPS) is 29.1. The number of alkyl halides is 3. The highest BCUT2D eigenvalue weighted by Crippen LogP contribution is 2.41. The lowest BCUT2D eigenvalue weighted by molar-refractivity contribution is -0.0972. The van der Waals surface area contributed by atoms with Crippen LogP contribution in [0.5, 0.6) is 0 Å². The highest BCUT2D eigenvalue weighted by Gasteiger charge is 2.55. The number of nitrogens with zero attached hydrogens (tertiary/aromatic N) is 1. The molecule has 0 amide bonds. The second-order valence-corrected chi connectivity index (χ2v) is 7.09. The van der Waals surface area contributed by atoms with Gasteiger partial charge in [-0.15, -0.1) is 0 Å². The van der Waals surface area contributed by atoms with Crippen LogP contribution in [0, 0.1) is 0 Å². The largest absolute Gasteiger partial charge is 0.525 e. The van der Waals surface area contributed by atoms with Crippen molar-refractivity contribution < 1.29 is 32.0 Å². The fraction of sp³-hybridized carbons (Fsp3) is 0.857. The summed E-state index contributed by atoms with van der Waals surface area (Å²) in [6, 6.07) is 0. The van der Waals surface area contributed by atoms with Crippen molar-refractivity contribution in [2.45, 2.75) is 57.6 Å². The van der Waals surface area contributed by atoms with E-state index in [2.05, 4.69) is 0 Å². The average molecular weight is 339 g/mol. The van der Waals surface area contributed by atoms with E-state index in [4.69, 9.17) is 9.31 Å². The summed E-state index contributed by atoms with van der Waals surface area (Å²) < 4.78 is 65.0. The van der Waals surface area contributed by atoms with Crippen LogP contribution in [0.4, 0.5) is 17.6 Å². The smallest absolute Gasteiger partial charge is 0.398 e. The summed E-state index contributed by atoms with van der Waals surface area (Å²) in [4.78, 5) is 1.37. The number of rotatable bonds is 3. The molecule has 1 N–H and O–H groups in total. The summed E-state index contributed by atoms with van der Waals surface area (Å²) in [5.74, 6) is 0. The van der Waals surface area contributed by atoms with Crippen LogP contribution in [0.25, 0.3) is 0 Å². The molecule has 2 aliphatic heterocycles. The molecule has 4 nitrogen and oxygen atoms in total. The summed E-state index contributed by atoms with van der Waals surface area (Å²) in [5, 5.41) is 9.42. The first kappa shape index (κ1) is 18.7.